The molecule has 0 atom stereocenters. The number of hydrogen-bond acceptors (Lipinski definition) is 7. The molecule has 2 aromatic heterocycles. The Morgan fingerprint density at radius 2 is 2.10 bits per heavy atom. The van der Waals surface area contributed by atoms with E-state index in [-0.39, 0.29) is 24.0 Å². The molecule has 0 saturated heterocycles. The van der Waals surface area contributed by atoms with Crippen molar-refractivity contribution in [2.24, 2.45) is 0 Å². The highest BCUT2D eigenvalue weighted by Gasteiger charge is 2.10. The number of para-hydroxylation sites is 1. The van der Waals surface area contributed by atoms with E-state index in [0.717, 1.165) is 0 Å². The van der Waals surface area contributed by atoms with Crippen molar-refractivity contribution in [3.63, 3.8) is 0 Å². The van der Waals surface area contributed by atoms with Crippen molar-refractivity contribution in [2.45, 2.75) is 6.54 Å². The number of rotatable bonds is 3. The molecule has 0 aliphatic heterocycles. The van der Waals surface area contributed by atoms with Gasteiger partial charge in [0.1, 0.15) is 5.52 Å². The average molecular weight is 272 g/mol. The van der Waals surface area contributed by atoms with Crippen LogP contribution in [0.2, 0.25) is 0 Å². The number of phenolic OH excluding ortho intramolecular Hbond substituents is 2. The van der Waals surface area contributed by atoms with Crippen molar-refractivity contribution in [3.8, 4) is 11.5 Å². The van der Waals surface area contributed by atoms with Crippen LogP contribution in [0.15, 0.2) is 24.5 Å². The van der Waals surface area contributed by atoms with Crippen molar-refractivity contribution in [2.75, 3.05) is 11.1 Å². The molecule has 0 fully saturated rings. The molecule has 3 aromatic rings. The maximum Gasteiger partial charge on any atom is 0.224 e. The molecule has 0 aliphatic carbocycles. The quantitative estimate of drug-likeness (QED) is 0.448. The number of hydrogen-bond donors (Lipinski definition) is 5. The Hall–Kier alpha value is -3.03. The topological polar surface area (TPSA) is 133 Å². The molecule has 8 nitrogen and oxygen atoms in total. The van der Waals surface area contributed by atoms with Gasteiger partial charge < -0.3 is 26.2 Å². The fourth-order valence-electron chi connectivity index (χ4n) is 1.88. The fraction of sp³-hybridized carbons (Fsp3) is 0.0833. The van der Waals surface area contributed by atoms with Crippen LogP contribution in [0, 0.1) is 0 Å². The number of aromatic amines is 1. The lowest BCUT2D eigenvalue weighted by Gasteiger charge is -2.09. The monoisotopic (exact) mass is 272 g/mol. The molecule has 3 rings (SSSR count). The number of nitrogens with one attached hydrogen (secondary N) is 2. The Bertz CT molecular complexity index is 770. The first-order valence-electron chi connectivity index (χ1n) is 5.85. The zero-order valence-electron chi connectivity index (χ0n) is 10.3. The van der Waals surface area contributed by atoms with Crippen LogP contribution in [-0.4, -0.2) is 30.1 Å². The van der Waals surface area contributed by atoms with Crippen LogP contribution in [-0.2, 0) is 6.54 Å². The van der Waals surface area contributed by atoms with Crippen molar-refractivity contribution in [1.29, 1.82) is 0 Å². The molecule has 1 aromatic carbocycles. The third-order valence-corrected chi connectivity index (χ3v) is 2.85. The molecule has 2 heterocycles. The minimum absolute atomic E-state index is 0.104. The Balaban J connectivity index is 1.90. The van der Waals surface area contributed by atoms with E-state index in [4.69, 9.17) is 5.73 Å². The number of H-pyrrole nitrogens is 1. The molecule has 0 aliphatic rings. The van der Waals surface area contributed by atoms with Crippen LogP contribution < -0.4 is 11.1 Å². The van der Waals surface area contributed by atoms with E-state index in [1.54, 1.807) is 12.1 Å². The highest BCUT2D eigenvalue weighted by Crippen LogP contribution is 2.29. The molecule has 0 unspecified atom stereocenters. The molecule has 20 heavy (non-hydrogen) atoms. The highest BCUT2D eigenvalue weighted by molar-refractivity contribution is 5.83. The van der Waals surface area contributed by atoms with E-state index in [0.29, 0.717) is 22.5 Å². The largest absolute Gasteiger partial charge is 0.504 e. The van der Waals surface area contributed by atoms with E-state index < -0.39 is 0 Å². The second kappa shape index (κ2) is 4.57. The molecule has 6 N–H and O–H groups in total. The highest BCUT2D eigenvalue weighted by atomic mass is 16.3. The van der Waals surface area contributed by atoms with Crippen molar-refractivity contribution in [3.05, 3.63) is 30.1 Å². The Morgan fingerprint density at radius 3 is 2.95 bits per heavy atom. The lowest BCUT2D eigenvalue weighted by molar-refractivity contribution is 0.400. The lowest BCUT2D eigenvalue weighted by Crippen LogP contribution is -2.05. The summed E-state index contributed by atoms with van der Waals surface area (Å²) in [6.07, 6.45) is 1.50. The fourth-order valence-corrected chi connectivity index (χ4v) is 1.88. The molecule has 102 valence electrons. The average Bonchev–Trinajstić information content (AvgIpc) is 2.88. The van der Waals surface area contributed by atoms with Crippen LogP contribution in [0.1, 0.15) is 5.56 Å². The maximum atomic E-state index is 9.74. The third-order valence-electron chi connectivity index (χ3n) is 2.85. The lowest BCUT2D eigenvalue weighted by atomic mass is 10.2. The van der Waals surface area contributed by atoms with Gasteiger partial charge in [0.25, 0.3) is 0 Å². The van der Waals surface area contributed by atoms with E-state index in [2.05, 4.69) is 25.3 Å². The number of nitrogen functional groups attached to an aromatic ring is 1. The van der Waals surface area contributed by atoms with Gasteiger partial charge in [0.2, 0.25) is 5.95 Å². The van der Waals surface area contributed by atoms with Gasteiger partial charge in [0.05, 0.1) is 6.33 Å². The summed E-state index contributed by atoms with van der Waals surface area (Å²) in [5.41, 5.74) is 7.22. The molecule has 0 saturated carbocycles. The number of nitrogens with two attached hydrogens (primary N) is 1. The van der Waals surface area contributed by atoms with E-state index in [1.807, 2.05) is 0 Å². The van der Waals surface area contributed by atoms with Crippen molar-refractivity contribution < 1.29 is 10.2 Å². The first-order valence-corrected chi connectivity index (χ1v) is 5.85. The van der Waals surface area contributed by atoms with E-state index in [9.17, 15) is 10.2 Å². The van der Waals surface area contributed by atoms with Gasteiger partial charge in [0, 0.05) is 12.1 Å². The molecule has 0 bridgehead atoms. The molecule has 0 radical (unpaired) electrons. The van der Waals surface area contributed by atoms with Crippen LogP contribution >= 0.6 is 0 Å². The van der Waals surface area contributed by atoms with Gasteiger partial charge in [-0.1, -0.05) is 12.1 Å². The van der Waals surface area contributed by atoms with Gasteiger partial charge in [-0.25, -0.2) is 4.98 Å². The normalized spacial score (nSPS) is 10.8. The van der Waals surface area contributed by atoms with E-state index >= 15 is 0 Å². The minimum Gasteiger partial charge on any atom is -0.504 e. The summed E-state index contributed by atoms with van der Waals surface area (Å²) in [7, 11) is 0. The van der Waals surface area contributed by atoms with Gasteiger partial charge in [-0.15, -0.1) is 0 Å². The Labute approximate surface area is 113 Å². The zero-order chi connectivity index (χ0) is 14.1. The van der Waals surface area contributed by atoms with Gasteiger partial charge in [0.15, 0.2) is 23.0 Å². The Kier molecular flexibility index (Phi) is 2.75. The predicted octanol–water partition coefficient (Wildman–Crippen LogP) is 0.958. The summed E-state index contributed by atoms with van der Waals surface area (Å²) in [5, 5.41) is 22.2. The number of fused-ring (bicyclic) bond motifs is 1. The van der Waals surface area contributed by atoms with Crippen LogP contribution in [0.4, 0.5) is 11.8 Å². The van der Waals surface area contributed by atoms with Crippen molar-refractivity contribution in [1.82, 2.24) is 19.9 Å². The van der Waals surface area contributed by atoms with Crippen LogP contribution in [0.3, 0.4) is 0 Å². The van der Waals surface area contributed by atoms with Crippen LogP contribution in [0.25, 0.3) is 11.2 Å². The first-order chi connectivity index (χ1) is 9.65. The minimum atomic E-state index is -0.168. The van der Waals surface area contributed by atoms with Gasteiger partial charge >= 0.3 is 0 Å². The molecule has 8 heteroatoms. The standard InChI is InChI=1S/C12H12N6O2/c13-12-17-10(8-11(18-12)16-5-15-8)14-4-6-2-1-3-7(19)9(6)20/h1-3,5,19-20H,4H2,(H4,13,14,15,16,17,18). The number of benzene rings is 1. The smallest absolute Gasteiger partial charge is 0.224 e. The first kappa shape index (κ1) is 12.0. The number of anilines is 2. The summed E-state index contributed by atoms with van der Waals surface area (Å²) in [4.78, 5) is 15.0. The van der Waals surface area contributed by atoms with Crippen molar-refractivity contribution >= 4 is 22.9 Å². The van der Waals surface area contributed by atoms with Gasteiger partial charge in [-0.05, 0) is 6.07 Å². The SMILES string of the molecule is Nc1nc(NCc2cccc(O)c2O)c2[nH]cnc2n1. The van der Waals surface area contributed by atoms with Gasteiger partial charge in [-0.2, -0.15) is 9.97 Å². The second-order valence-electron chi connectivity index (χ2n) is 4.17. The molecule has 0 spiro atoms. The number of nitrogens with zero attached hydrogens (tertiary/aromatic N) is 3. The molecule has 0 amide bonds. The maximum absolute atomic E-state index is 9.74. The summed E-state index contributed by atoms with van der Waals surface area (Å²) >= 11 is 0. The number of aromatic nitrogens is 4. The Morgan fingerprint density at radius 1 is 1.25 bits per heavy atom. The number of phenols is 2. The predicted molar refractivity (Wildman–Crippen MR) is 73.2 cm³/mol. The van der Waals surface area contributed by atoms with Crippen LogP contribution in [0.5, 0.6) is 11.5 Å². The molecular weight excluding hydrogens is 260 g/mol. The summed E-state index contributed by atoms with van der Waals surface area (Å²) in [5.74, 6) is 0.251. The summed E-state index contributed by atoms with van der Waals surface area (Å²) in [6, 6.07) is 4.75. The van der Waals surface area contributed by atoms with Gasteiger partial charge in [-0.3, -0.25) is 0 Å². The summed E-state index contributed by atoms with van der Waals surface area (Å²) in [6.45, 7) is 0.269. The number of imidazole rings is 1. The molecular formula is C12H12N6O2. The van der Waals surface area contributed by atoms with E-state index in [1.165, 1.54) is 12.4 Å². The number of aromatic hydroxyl groups is 2. The second-order valence-corrected chi connectivity index (χ2v) is 4.17. The zero-order valence-corrected chi connectivity index (χ0v) is 10.3. The summed E-state index contributed by atoms with van der Waals surface area (Å²) < 4.78 is 0. The third kappa shape index (κ3) is 2.03.